The van der Waals surface area contributed by atoms with Crippen LogP contribution in [0.4, 0.5) is 5.69 Å². The zero-order chi connectivity index (χ0) is 16.9. The minimum absolute atomic E-state index is 0.0501. The number of rotatable bonds is 5. The van der Waals surface area contributed by atoms with Crippen molar-refractivity contribution >= 4 is 17.5 Å². The van der Waals surface area contributed by atoms with Gasteiger partial charge in [0.15, 0.2) is 0 Å². The van der Waals surface area contributed by atoms with Crippen LogP contribution in [0.25, 0.3) is 0 Å². The van der Waals surface area contributed by atoms with Crippen LogP contribution in [0.15, 0.2) is 18.2 Å². The molecule has 2 aliphatic rings. The first-order valence-corrected chi connectivity index (χ1v) is 8.71. The average Bonchev–Trinajstić information content (AvgIpc) is 3.06. The molecule has 24 heavy (non-hydrogen) atoms. The van der Waals surface area contributed by atoms with Gasteiger partial charge in [-0.3, -0.25) is 14.5 Å². The summed E-state index contributed by atoms with van der Waals surface area (Å²) >= 11 is 0. The summed E-state index contributed by atoms with van der Waals surface area (Å²) in [5, 5.41) is 3.01. The maximum absolute atomic E-state index is 12.5. The Morgan fingerprint density at radius 1 is 1.21 bits per heavy atom. The van der Waals surface area contributed by atoms with Gasteiger partial charge < -0.3 is 15.0 Å². The third kappa shape index (κ3) is 3.60. The van der Waals surface area contributed by atoms with Crippen LogP contribution < -0.4 is 10.2 Å². The summed E-state index contributed by atoms with van der Waals surface area (Å²) < 4.78 is 5.32. The van der Waals surface area contributed by atoms with E-state index in [2.05, 4.69) is 10.2 Å². The van der Waals surface area contributed by atoms with Crippen LogP contribution in [0.1, 0.15) is 29.3 Å². The predicted octanol–water partition coefficient (Wildman–Crippen LogP) is 1.05. The maximum atomic E-state index is 12.5. The number of hydrogen-bond acceptors (Lipinski definition) is 4. The molecule has 1 fully saturated rings. The Morgan fingerprint density at radius 3 is 2.75 bits per heavy atom. The number of carbonyl (C=O) groups excluding carboxylic acids is 2. The van der Waals surface area contributed by atoms with Gasteiger partial charge in [0, 0.05) is 50.4 Å². The first-order chi connectivity index (χ1) is 11.7. The highest BCUT2D eigenvalue weighted by Gasteiger charge is 2.27. The molecule has 0 unspecified atom stereocenters. The van der Waals surface area contributed by atoms with E-state index in [0.717, 1.165) is 50.5 Å². The number of morpholine rings is 1. The van der Waals surface area contributed by atoms with E-state index in [9.17, 15) is 9.59 Å². The zero-order valence-corrected chi connectivity index (χ0v) is 14.2. The fourth-order valence-corrected chi connectivity index (χ4v) is 3.34. The Kier molecular flexibility index (Phi) is 5.48. The van der Waals surface area contributed by atoms with E-state index >= 15 is 0 Å². The molecule has 0 bridgehead atoms. The fraction of sp³-hybridized carbons (Fsp3) is 0.556. The van der Waals surface area contributed by atoms with Crippen LogP contribution in [0.3, 0.4) is 0 Å². The minimum Gasteiger partial charge on any atom is -0.379 e. The number of amides is 2. The number of fused-ring (bicyclic) bond motifs is 1. The van der Waals surface area contributed by atoms with Crippen molar-refractivity contribution in [3.05, 3.63) is 29.3 Å². The summed E-state index contributed by atoms with van der Waals surface area (Å²) in [6, 6.07) is 5.64. The molecule has 6 nitrogen and oxygen atoms in total. The number of ether oxygens (including phenoxy) is 1. The molecule has 0 saturated carbocycles. The van der Waals surface area contributed by atoms with Crippen molar-refractivity contribution < 1.29 is 14.3 Å². The van der Waals surface area contributed by atoms with Gasteiger partial charge in [-0.2, -0.15) is 0 Å². The molecule has 0 atom stereocenters. The molecule has 0 spiro atoms. The van der Waals surface area contributed by atoms with Crippen molar-refractivity contribution in [2.24, 2.45) is 0 Å². The van der Waals surface area contributed by atoms with Crippen LogP contribution in [-0.2, 0) is 16.0 Å². The summed E-state index contributed by atoms with van der Waals surface area (Å²) in [6.45, 7) is 7.37. The molecule has 2 amide bonds. The van der Waals surface area contributed by atoms with Gasteiger partial charge in [0.2, 0.25) is 5.91 Å². The summed E-state index contributed by atoms with van der Waals surface area (Å²) in [4.78, 5) is 28.6. The van der Waals surface area contributed by atoms with Crippen molar-refractivity contribution in [1.82, 2.24) is 10.2 Å². The molecule has 1 aromatic carbocycles. The van der Waals surface area contributed by atoms with E-state index in [1.807, 2.05) is 25.1 Å². The Hall–Kier alpha value is -1.92. The lowest BCUT2D eigenvalue weighted by Crippen LogP contribution is -2.41. The summed E-state index contributed by atoms with van der Waals surface area (Å²) in [7, 11) is 0. The molecule has 1 saturated heterocycles. The van der Waals surface area contributed by atoms with Crippen molar-refractivity contribution in [3.8, 4) is 0 Å². The molecule has 0 aliphatic carbocycles. The highest BCUT2D eigenvalue weighted by atomic mass is 16.5. The molecule has 0 aromatic heterocycles. The first kappa shape index (κ1) is 16.9. The van der Waals surface area contributed by atoms with E-state index in [0.29, 0.717) is 25.1 Å². The van der Waals surface area contributed by atoms with Crippen molar-refractivity contribution in [2.45, 2.75) is 19.8 Å². The molecule has 2 aliphatic heterocycles. The van der Waals surface area contributed by atoms with Crippen molar-refractivity contribution in [3.63, 3.8) is 0 Å². The highest BCUT2D eigenvalue weighted by molar-refractivity contribution is 6.01. The lowest BCUT2D eigenvalue weighted by atomic mass is 10.0. The molecule has 3 rings (SSSR count). The Balaban J connectivity index is 1.61. The lowest BCUT2D eigenvalue weighted by molar-refractivity contribution is -0.118. The number of nitrogens with one attached hydrogen (secondary N) is 1. The molecular formula is C18H25N3O3. The second kappa shape index (κ2) is 7.77. The second-order valence-electron chi connectivity index (χ2n) is 6.16. The molecule has 6 heteroatoms. The summed E-state index contributed by atoms with van der Waals surface area (Å²) in [5.74, 6) is 0.0598. The van der Waals surface area contributed by atoms with Crippen LogP contribution in [0, 0.1) is 0 Å². The average molecular weight is 331 g/mol. The highest BCUT2D eigenvalue weighted by Crippen LogP contribution is 2.31. The van der Waals surface area contributed by atoms with Gasteiger partial charge in [-0.1, -0.05) is 13.0 Å². The standard InChI is InChI=1S/C18H25N3O3/c1-2-17(22)21-8-6-14-15(4-3-5-16(14)21)18(23)19-7-9-20-10-12-24-13-11-20/h3-5H,2,6-13H2,1H3,(H,19,23). The van der Waals surface area contributed by atoms with Crippen LogP contribution in [-0.4, -0.2) is 62.7 Å². The molecule has 1 aromatic rings. The van der Waals surface area contributed by atoms with Gasteiger partial charge in [0.1, 0.15) is 0 Å². The quantitative estimate of drug-likeness (QED) is 0.876. The van der Waals surface area contributed by atoms with Crippen molar-refractivity contribution in [1.29, 1.82) is 0 Å². The van der Waals surface area contributed by atoms with Gasteiger partial charge in [-0.05, 0) is 24.1 Å². The van der Waals surface area contributed by atoms with Gasteiger partial charge in [0.25, 0.3) is 5.91 Å². The fourth-order valence-electron chi connectivity index (χ4n) is 3.34. The van der Waals surface area contributed by atoms with Crippen LogP contribution in [0.2, 0.25) is 0 Å². The smallest absolute Gasteiger partial charge is 0.251 e. The third-order valence-corrected chi connectivity index (χ3v) is 4.69. The number of carbonyl (C=O) groups is 2. The van der Waals surface area contributed by atoms with Crippen LogP contribution >= 0.6 is 0 Å². The normalized spacial score (nSPS) is 17.6. The van der Waals surface area contributed by atoms with Gasteiger partial charge in [-0.15, -0.1) is 0 Å². The van der Waals surface area contributed by atoms with E-state index in [1.165, 1.54) is 0 Å². The number of nitrogens with zero attached hydrogens (tertiary/aromatic N) is 2. The first-order valence-electron chi connectivity index (χ1n) is 8.71. The zero-order valence-electron chi connectivity index (χ0n) is 14.2. The molecule has 2 heterocycles. The second-order valence-corrected chi connectivity index (χ2v) is 6.16. The molecular weight excluding hydrogens is 306 g/mol. The molecule has 130 valence electrons. The van der Waals surface area contributed by atoms with E-state index in [1.54, 1.807) is 4.90 Å². The molecule has 0 radical (unpaired) electrons. The van der Waals surface area contributed by atoms with Gasteiger partial charge >= 0.3 is 0 Å². The van der Waals surface area contributed by atoms with Crippen molar-refractivity contribution in [2.75, 3.05) is 50.8 Å². The summed E-state index contributed by atoms with van der Waals surface area (Å²) in [6.07, 6.45) is 1.23. The Morgan fingerprint density at radius 2 is 2.00 bits per heavy atom. The summed E-state index contributed by atoms with van der Waals surface area (Å²) in [5.41, 5.74) is 2.58. The van der Waals surface area contributed by atoms with Gasteiger partial charge in [0.05, 0.1) is 13.2 Å². The Bertz CT molecular complexity index is 612. The van der Waals surface area contributed by atoms with E-state index in [4.69, 9.17) is 4.74 Å². The SMILES string of the molecule is CCC(=O)N1CCc2c(C(=O)NCCN3CCOCC3)cccc21. The van der Waals surface area contributed by atoms with E-state index in [-0.39, 0.29) is 11.8 Å². The monoisotopic (exact) mass is 331 g/mol. The third-order valence-electron chi connectivity index (χ3n) is 4.69. The van der Waals surface area contributed by atoms with Crippen LogP contribution in [0.5, 0.6) is 0 Å². The maximum Gasteiger partial charge on any atom is 0.251 e. The predicted molar refractivity (Wildman–Crippen MR) is 92.4 cm³/mol. The number of benzene rings is 1. The largest absolute Gasteiger partial charge is 0.379 e. The topological polar surface area (TPSA) is 61.9 Å². The van der Waals surface area contributed by atoms with Gasteiger partial charge in [-0.25, -0.2) is 0 Å². The Labute approximate surface area is 142 Å². The molecule has 1 N–H and O–H groups in total. The lowest BCUT2D eigenvalue weighted by Gasteiger charge is -2.26. The minimum atomic E-state index is -0.0501. The van der Waals surface area contributed by atoms with E-state index < -0.39 is 0 Å². The number of anilines is 1. The number of hydrogen-bond donors (Lipinski definition) is 1.